The maximum absolute atomic E-state index is 12.5. The summed E-state index contributed by atoms with van der Waals surface area (Å²) in [5.41, 5.74) is 1.18. The zero-order valence-electron chi connectivity index (χ0n) is 18.2. The van der Waals surface area contributed by atoms with Gasteiger partial charge in [0.25, 0.3) is 0 Å². The number of likely N-dealkylation sites (tertiary alicyclic amines) is 1. The quantitative estimate of drug-likeness (QED) is 0.575. The van der Waals surface area contributed by atoms with Crippen LogP contribution in [0.25, 0.3) is 10.9 Å². The summed E-state index contributed by atoms with van der Waals surface area (Å²) in [4.78, 5) is 49.0. The van der Waals surface area contributed by atoms with Crippen molar-refractivity contribution in [3.05, 3.63) is 36.0 Å². The Kier molecular flexibility index (Phi) is 7.86. The molecule has 2 heterocycles. The van der Waals surface area contributed by atoms with Crippen LogP contribution in [-0.4, -0.2) is 64.2 Å². The van der Waals surface area contributed by atoms with Crippen LogP contribution < -0.4 is 5.32 Å². The third-order valence-electron chi connectivity index (χ3n) is 5.64. The molecule has 9 nitrogen and oxygen atoms in total. The van der Waals surface area contributed by atoms with E-state index in [9.17, 15) is 19.2 Å². The van der Waals surface area contributed by atoms with Gasteiger partial charge in [-0.2, -0.15) is 0 Å². The lowest BCUT2D eigenvalue weighted by molar-refractivity contribution is -0.136. The molecule has 0 aliphatic carbocycles. The molecule has 1 aromatic heterocycles. The van der Waals surface area contributed by atoms with Crippen molar-refractivity contribution in [2.45, 2.75) is 51.5 Å². The molecule has 2 aromatic rings. The third kappa shape index (κ3) is 5.66. The van der Waals surface area contributed by atoms with E-state index < -0.39 is 12.1 Å². The van der Waals surface area contributed by atoms with Crippen molar-refractivity contribution < 1.29 is 29.0 Å². The summed E-state index contributed by atoms with van der Waals surface area (Å²) < 4.78 is 6.69. The van der Waals surface area contributed by atoms with E-state index >= 15 is 0 Å². The Morgan fingerprint density at radius 2 is 1.94 bits per heavy atom. The maximum Gasteiger partial charge on any atom is 0.418 e. The second-order valence-corrected chi connectivity index (χ2v) is 7.95. The minimum Gasteiger partial charge on any atom is -0.481 e. The van der Waals surface area contributed by atoms with Crippen LogP contribution in [0.2, 0.25) is 0 Å². The number of nitrogens with zero attached hydrogens (tertiary/aromatic N) is 2. The topological polar surface area (TPSA) is 118 Å². The predicted octanol–water partition coefficient (Wildman–Crippen LogP) is 2.55. The minimum absolute atomic E-state index is 0.0741. The van der Waals surface area contributed by atoms with Gasteiger partial charge in [-0.05, 0) is 43.7 Å². The first kappa shape index (κ1) is 23.3. The zero-order valence-corrected chi connectivity index (χ0v) is 18.2. The number of carboxylic acid groups (broad SMARTS) is 1. The van der Waals surface area contributed by atoms with E-state index in [1.165, 1.54) is 17.7 Å². The van der Waals surface area contributed by atoms with Gasteiger partial charge in [0.15, 0.2) is 0 Å². The van der Waals surface area contributed by atoms with Crippen molar-refractivity contribution in [2.24, 2.45) is 0 Å². The number of carboxylic acids is 1. The standard InChI is InChI=1S/C23H29N3O6/c1-16(27)25-12-7-10-20(25)22(30)24-11-5-2-6-13-32-23(31)26-15-17(14-21(28)29)18-8-3-4-9-19(18)26/h3-4,8-9,15,20H,2,5-7,10-14H2,1H3,(H,24,30)(H,28,29). The van der Waals surface area contributed by atoms with Crippen LogP contribution in [0.4, 0.5) is 4.79 Å². The molecule has 1 aromatic carbocycles. The Morgan fingerprint density at radius 1 is 1.16 bits per heavy atom. The van der Waals surface area contributed by atoms with Gasteiger partial charge < -0.3 is 20.1 Å². The number of hydrogen-bond donors (Lipinski definition) is 2. The molecule has 32 heavy (non-hydrogen) atoms. The summed E-state index contributed by atoms with van der Waals surface area (Å²) >= 11 is 0. The van der Waals surface area contributed by atoms with Crippen molar-refractivity contribution in [1.82, 2.24) is 14.8 Å². The van der Waals surface area contributed by atoms with Crippen LogP contribution >= 0.6 is 0 Å². The molecule has 0 spiro atoms. The van der Waals surface area contributed by atoms with E-state index in [1.54, 1.807) is 29.2 Å². The fourth-order valence-corrected chi connectivity index (χ4v) is 4.08. The van der Waals surface area contributed by atoms with E-state index in [1.807, 2.05) is 0 Å². The highest BCUT2D eigenvalue weighted by Crippen LogP contribution is 2.22. The number of aliphatic carboxylic acids is 1. The van der Waals surface area contributed by atoms with Gasteiger partial charge in [-0.3, -0.25) is 19.0 Å². The SMILES string of the molecule is CC(=O)N1CCCC1C(=O)NCCCCCOC(=O)n1cc(CC(=O)O)c2ccccc21. The molecule has 3 rings (SSSR count). The lowest BCUT2D eigenvalue weighted by atomic mass is 10.1. The molecule has 9 heteroatoms. The number of para-hydroxylation sites is 1. The summed E-state index contributed by atoms with van der Waals surface area (Å²) in [7, 11) is 0. The Bertz CT molecular complexity index is 999. The summed E-state index contributed by atoms with van der Waals surface area (Å²) in [6, 6.07) is 6.75. The summed E-state index contributed by atoms with van der Waals surface area (Å²) in [6.07, 6.45) is 4.50. The predicted molar refractivity (Wildman–Crippen MR) is 117 cm³/mol. The smallest absolute Gasteiger partial charge is 0.418 e. The van der Waals surface area contributed by atoms with E-state index in [2.05, 4.69) is 5.32 Å². The van der Waals surface area contributed by atoms with Gasteiger partial charge in [0.1, 0.15) is 6.04 Å². The molecular weight excluding hydrogens is 414 g/mol. The van der Waals surface area contributed by atoms with Gasteiger partial charge in [0.2, 0.25) is 11.8 Å². The summed E-state index contributed by atoms with van der Waals surface area (Å²) in [5, 5.41) is 12.7. The highest BCUT2D eigenvalue weighted by molar-refractivity contribution is 5.93. The number of fused-ring (bicyclic) bond motifs is 1. The van der Waals surface area contributed by atoms with Crippen LogP contribution in [-0.2, 0) is 25.5 Å². The number of rotatable bonds is 9. The average molecular weight is 444 g/mol. The van der Waals surface area contributed by atoms with E-state index in [0.717, 1.165) is 19.3 Å². The second kappa shape index (κ2) is 10.8. The van der Waals surface area contributed by atoms with Gasteiger partial charge in [-0.1, -0.05) is 18.2 Å². The van der Waals surface area contributed by atoms with E-state index in [-0.39, 0.29) is 30.9 Å². The Labute approximate surface area is 186 Å². The van der Waals surface area contributed by atoms with Crippen molar-refractivity contribution in [1.29, 1.82) is 0 Å². The van der Waals surface area contributed by atoms with Gasteiger partial charge in [0, 0.05) is 31.6 Å². The van der Waals surface area contributed by atoms with E-state index in [4.69, 9.17) is 9.84 Å². The van der Waals surface area contributed by atoms with Crippen LogP contribution in [0, 0.1) is 0 Å². The molecular formula is C23H29N3O6. The fourth-order valence-electron chi connectivity index (χ4n) is 4.08. The lowest BCUT2D eigenvalue weighted by Crippen LogP contribution is -2.45. The number of aromatic nitrogens is 1. The number of unbranched alkanes of at least 4 members (excludes halogenated alkanes) is 2. The summed E-state index contributed by atoms with van der Waals surface area (Å²) in [6.45, 7) is 2.85. The van der Waals surface area contributed by atoms with Crippen molar-refractivity contribution in [3.63, 3.8) is 0 Å². The first-order chi connectivity index (χ1) is 15.4. The number of carbonyl (C=O) groups is 4. The molecule has 172 valence electrons. The van der Waals surface area contributed by atoms with Gasteiger partial charge in [0.05, 0.1) is 18.5 Å². The molecule has 2 N–H and O–H groups in total. The van der Waals surface area contributed by atoms with Crippen LogP contribution in [0.5, 0.6) is 0 Å². The van der Waals surface area contributed by atoms with Crippen molar-refractivity contribution >= 4 is 34.8 Å². The fraction of sp³-hybridized carbons (Fsp3) is 0.478. The van der Waals surface area contributed by atoms with Gasteiger partial charge in [-0.25, -0.2) is 4.79 Å². The molecule has 0 saturated carbocycles. The highest BCUT2D eigenvalue weighted by atomic mass is 16.5. The summed E-state index contributed by atoms with van der Waals surface area (Å²) in [5.74, 6) is -1.15. The van der Waals surface area contributed by atoms with Crippen molar-refractivity contribution in [2.75, 3.05) is 19.7 Å². The molecule has 1 unspecified atom stereocenters. The molecule has 1 atom stereocenters. The molecule has 1 aliphatic rings. The largest absolute Gasteiger partial charge is 0.481 e. The number of amides is 2. The minimum atomic E-state index is -0.963. The molecule has 1 aliphatic heterocycles. The number of ether oxygens (including phenoxy) is 1. The molecule has 0 radical (unpaired) electrons. The average Bonchev–Trinajstić information content (AvgIpc) is 3.38. The molecule has 1 saturated heterocycles. The number of nitrogens with one attached hydrogen (secondary N) is 1. The second-order valence-electron chi connectivity index (χ2n) is 7.95. The van der Waals surface area contributed by atoms with Crippen LogP contribution in [0.3, 0.4) is 0 Å². The first-order valence-corrected chi connectivity index (χ1v) is 10.9. The van der Waals surface area contributed by atoms with Gasteiger partial charge in [-0.15, -0.1) is 0 Å². The van der Waals surface area contributed by atoms with Gasteiger partial charge >= 0.3 is 12.1 Å². The first-order valence-electron chi connectivity index (χ1n) is 10.9. The molecule has 0 bridgehead atoms. The monoisotopic (exact) mass is 443 g/mol. The zero-order chi connectivity index (χ0) is 23.1. The van der Waals surface area contributed by atoms with Crippen LogP contribution in [0.1, 0.15) is 44.6 Å². The Morgan fingerprint density at radius 3 is 2.69 bits per heavy atom. The van der Waals surface area contributed by atoms with E-state index in [0.29, 0.717) is 42.4 Å². The number of hydrogen-bond acceptors (Lipinski definition) is 5. The lowest BCUT2D eigenvalue weighted by Gasteiger charge is -2.22. The Balaban J connectivity index is 1.39. The number of carbonyl (C=O) groups excluding carboxylic acids is 3. The number of benzene rings is 1. The molecule has 1 fully saturated rings. The van der Waals surface area contributed by atoms with Crippen molar-refractivity contribution in [3.8, 4) is 0 Å². The Hall–Kier alpha value is -3.36. The third-order valence-corrected chi connectivity index (χ3v) is 5.64. The maximum atomic E-state index is 12.5. The molecule has 2 amide bonds. The highest BCUT2D eigenvalue weighted by Gasteiger charge is 2.31. The normalized spacial score (nSPS) is 15.7. The van der Waals surface area contributed by atoms with Crippen LogP contribution in [0.15, 0.2) is 30.5 Å².